The van der Waals surface area contributed by atoms with Crippen LogP contribution < -0.4 is 28.5 Å². The third-order valence-corrected chi connectivity index (χ3v) is 11.1. The molecule has 12 rings (SSSR count). The van der Waals surface area contributed by atoms with Crippen LogP contribution in [0.4, 0.5) is 0 Å². The minimum atomic E-state index is 0. The van der Waals surface area contributed by atoms with Crippen molar-refractivity contribution in [1.82, 2.24) is 59.1 Å². The number of hydrogen-bond acceptors (Lipinski definition) is 6. The quantitative estimate of drug-likeness (QED) is 0.134. The van der Waals surface area contributed by atoms with Gasteiger partial charge in [-0.25, -0.2) is 9.13 Å². The van der Waals surface area contributed by atoms with Crippen molar-refractivity contribution in [2.75, 3.05) is 0 Å². The first-order chi connectivity index (χ1) is 36.8. The smallest absolute Gasteiger partial charge is 0.241 e. The number of hydrogen-bond donors (Lipinski definition) is 0. The minimum absolute atomic E-state index is 0. The zero-order chi connectivity index (χ0) is 53.8. The molecular formula is C60H58Ir2N16-6. The molecule has 16 nitrogen and oxygen atoms in total. The second kappa shape index (κ2) is 30.2. The van der Waals surface area contributed by atoms with E-state index < -0.39 is 0 Å². The molecule has 0 amide bonds. The van der Waals surface area contributed by atoms with Gasteiger partial charge >= 0.3 is 0 Å². The molecule has 0 fully saturated rings. The van der Waals surface area contributed by atoms with Crippen molar-refractivity contribution >= 4 is 0 Å². The average molecular weight is 1390 g/mol. The second-order valence-electron chi connectivity index (χ2n) is 17.2. The van der Waals surface area contributed by atoms with E-state index >= 15 is 0 Å². The Balaban J connectivity index is 0.000000172. The Hall–Kier alpha value is -8.66. The first-order valence-electron chi connectivity index (χ1n) is 23.9. The van der Waals surface area contributed by atoms with E-state index in [1.165, 1.54) is 22.3 Å². The maximum Gasteiger partial charge on any atom is 0.241 e. The first kappa shape index (κ1) is 60.2. The SMILES string of the molecule is Cc1c[c-]c(-n2[c-][n+](C)cc2)cc1.Cc1c[c-]c(-n2[c-][n+](C)cc2)cc1.[CH2-]c1n(-c2[c-]cc(C)cc2)cc[n+]1C.[CH2-]c1n(-c2[c-]cc(C)cc2)cc[n+]1C.[Ir].[Ir].c1ccc(-c2cnn[n-]2)nc1.c1ccc(-c2cnn[n-]2)nc1. The Kier molecular flexibility index (Phi) is 23.3. The van der Waals surface area contributed by atoms with Gasteiger partial charge in [0.25, 0.3) is 0 Å². The van der Waals surface area contributed by atoms with Crippen molar-refractivity contribution in [2.45, 2.75) is 27.7 Å². The van der Waals surface area contributed by atoms with Gasteiger partial charge in [-0.2, -0.15) is 95.1 Å². The Morgan fingerprint density at radius 3 is 1.05 bits per heavy atom. The number of rotatable bonds is 6. The molecule has 0 aliphatic rings. The molecule has 8 heterocycles. The van der Waals surface area contributed by atoms with Crippen LogP contribution in [0.1, 0.15) is 33.9 Å². The Morgan fingerprint density at radius 1 is 0.449 bits per heavy atom. The van der Waals surface area contributed by atoms with E-state index in [-0.39, 0.29) is 40.2 Å². The van der Waals surface area contributed by atoms with Crippen LogP contribution in [0.25, 0.3) is 45.5 Å². The zero-order valence-corrected chi connectivity index (χ0v) is 49.3. The zero-order valence-electron chi connectivity index (χ0n) is 44.6. The summed E-state index contributed by atoms with van der Waals surface area (Å²) >= 11 is 0. The summed E-state index contributed by atoms with van der Waals surface area (Å²) in [4.78, 5) is 8.16. The molecule has 0 atom stereocenters. The van der Waals surface area contributed by atoms with Crippen molar-refractivity contribution in [3.05, 3.63) is 268 Å². The van der Waals surface area contributed by atoms with Crippen molar-refractivity contribution in [3.8, 4) is 45.5 Å². The molecule has 0 aliphatic carbocycles. The van der Waals surface area contributed by atoms with Crippen molar-refractivity contribution < 1.29 is 58.5 Å². The van der Waals surface area contributed by atoms with Gasteiger partial charge in [-0.3, -0.25) is 43.4 Å². The van der Waals surface area contributed by atoms with Gasteiger partial charge in [-0.05, 0) is 35.7 Å². The fourth-order valence-corrected chi connectivity index (χ4v) is 6.73. The predicted molar refractivity (Wildman–Crippen MR) is 286 cm³/mol. The molecule has 0 aliphatic heterocycles. The van der Waals surface area contributed by atoms with Gasteiger partial charge in [-0.15, -0.1) is 24.3 Å². The maximum absolute atomic E-state index is 4.08. The van der Waals surface area contributed by atoms with E-state index in [4.69, 9.17) is 0 Å². The molecule has 12 aromatic rings. The van der Waals surface area contributed by atoms with E-state index in [9.17, 15) is 0 Å². The molecule has 0 unspecified atom stereocenters. The fourth-order valence-electron chi connectivity index (χ4n) is 6.73. The van der Waals surface area contributed by atoms with E-state index in [2.05, 4.69) is 144 Å². The summed E-state index contributed by atoms with van der Waals surface area (Å²) in [5.41, 5.74) is 12.0. The number of pyridine rings is 2. The van der Waals surface area contributed by atoms with Gasteiger partial charge in [0.2, 0.25) is 12.7 Å². The van der Waals surface area contributed by atoms with Crippen molar-refractivity contribution in [3.63, 3.8) is 0 Å². The second-order valence-corrected chi connectivity index (χ2v) is 17.2. The Labute approximate surface area is 484 Å². The Bertz CT molecular complexity index is 3310. The molecule has 78 heavy (non-hydrogen) atoms. The van der Waals surface area contributed by atoms with E-state index in [1.807, 2.05) is 199 Å². The molecule has 0 N–H and O–H groups in total. The van der Waals surface area contributed by atoms with Gasteiger partial charge in [0.1, 0.15) is 36.4 Å². The summed E-state index contributed by atoms with van der Waals surface area (Å²) in [6.45, 7) is 16.2. The number of benzene rings is 4. The van der Waals surface area contributed by atoms with Crippen LogP contribution in [-0.2, 0) is 68.4 Å². The summed E-state index contributed by atoms with van der Waals surface area (Å²) in [6, 6.07) is 48.4. The molecule has 2 radical (unpaired) electrons. The normalized spacial score (nSPS) is 9.95. The molecule has 0 saturated heterocycles. The van der Waals surface area contributed by atoms with Gasteiger partial charge in [-0.1, -0.05) is 63.6 Å². The summed E-state index contributed by atoms with van der Waals surface area (Å²) in [5.74, 6) is 1.90. The summed E-state index contributed by atoms with van der Waals surface area (Å²) in [6.07, 6.45) is 28.6. The third-order valence-electron chi connectivity index (χ3n) is 11.1. The number of imidazole rings is 4. The van der Waals surface area contributed by atoms with Crippen LogP contribution in [-0.4, -0.2) is 48.9 Å². The predicted octanol–water partition coefficient (Wildman–Crippen LogP) is 6.59. The Morgan fingerprint density at radius 2 is 0.808 bits per heavy atom. The molecule has 4 aromatic carbocycles. The van der Waals surface area contributed by atoms with E-state index in [1.54, 1.807) is 24.8 Å². The van der Waals surface area contributed by atoms with Gasteiger partial charge in [0.05, 0.1) is 39.6 Å². The van der Waals surface area contributed by atoms with Gasteiger partial charge < -0.3 is 38.7 Å². The minimum Gasteiger partial charge on any atom is -0.358 e. The molecule has 0 saturated carbocycles. The largest absolute Gasteiger partial charge is 0.358 e. The molecule has 18 heteroatoms. The molecule has 402 valence electrons. The van der Waals surface area contributed by atoms with E-state index in [0.29, 0.717) is 11.4 Å². The molecular weight excluding hydrogens is 1330 g/mol. The van der Waals surface area contributed by atoms with Gasteiger partial charge in [0, 0.05) is 88.8 Å². The average Bonchev–Trinajstić information content (AvgIpc) is 4.34. The van der Waals surface area contributed by atoms with Crippen LogP contribution in [0, 0.1) is 78.5 Å². The standard InChI is InChI=1S/2C12H13N2.2C11H11N2.2C7H5N4.2Ir/c2*1-10-4-6-12(7-5-10)14-9-8-13(3)11(14)2;2*1-10-3-5-11(6-4-10)13-8-7-12(2)9-13;2*1-2-4-8-6(3-1)7-5-9-11-10-7;;/h2*4-6,8-9H,2H2,1,3H3;2*3-5,7-8H,1-2H3;2*1-5H;;/q6*-1;;. The molecule has 0 bridgehead atoms. The first-order valence-corrected chi connectivity index (χ1v) is 23.9. The summed E-state index contributed by atoms with van der Waals surface area (Å²) in [7, 11) is 7.86. The van der Waals surface area contributed by atoms with Crippen LogP contribution in [0.15, 0.2) is 184 Å². The maximum atomic E-state index is 4.08. The van der Waals surface area contributed by atoms with Crippen LogP contribution in [0.5, 0.6) is 0 Å². The third kappa shape index (κ3) is 17.7. The van der Waals surface area contributed by atoms with Crippen molar-refractivity contribution in [2.24, 2.45) is 28.2 Å². The van der Waals surface area contributed by atoms with E-state index in [0.717, 1.165) is 45.8 Å². The number of nitrogens with zero attached hydrogens (tertiary/aromatic N) is 16. The van der Waals surface area contributed by atoms with Gasteiger partial charge in [0.15, 0.2) is 0 Å². The monoisotopic (exact) mass is 1390 g/mol. The van der Waals surface area contributed by atoms with Crippen LogP contribution >= 0.6 is 0 Å². The summed E-state index contributed by atoms with van der Waals surface area (Å²) < 4.78 is 15.6. The topological polar surface area (TPSA) is 141 Å². The van der Waals surface area contributed by atoms with Crippen LogP contribution in [0.3, 0.4) is 0 Å². The van der Waals surface area contributed by atoms with Crippen molar-refractivity contribution in [1.29, 1.82) is 0 Å². The molecule has 8 aromatic heterocycles. The number of aromatic nitrogens is 16. The fraction of sp³-hybridized carbons (Fsp3) is 0.133. The molecule has 0 spiro atoms. The number of aryl methyl sites for hydroxylation is 8. The summed E-state index contributed by atoms with van der Waals surface area (Å²) in [5, 5.41) is 21.6. The van der Waals surface area contributed by atoms with Crippen LogP contribution in [0.2, 0.25) is 0 Å².